The van der Waals surface area contributed by atoms with Gasteiger partial charge in [-0.25, -0.2) is 0 Å². The maximum atomic E-state index is 5.70. The Hall–Kier alpha value is -1.16. The van der Waals surface area contributed by atoms with Gasteiger partial charge in [-0.05, 0) is 47.7 Å². The molecule has 0 aromatic heterocycles. The van der Waals surface area contributed by atoms with Crippen LogP contribution in [0.25, 0.3) is 0 Å². The molecule has 0 fully saturated rings. The molecular weight excluding hydrogens is 324 g/mol. The number of benzene rings is 2. The van der Waals surface area contributed by atoms with Crippen LogP contribution >= 0.6 is 15.9 Å². The van der Waals surface area contributed by atoms with E-state index in [0.717, 1.165) is 19.6 Å². The molecule has 2 aromatic carbocycles. The van der Waals surface area contributed by atoms with E-state index in [1.807, 2.05) is 0 Å². The Labute approximate surface area is 135 Å². The van der Waals surface area contributed by atoms with E-state index in [1.54, 1.807) is 0 Å². The van der Waals surface area contributed by atoms with Gasteiger partial charge in [-0.3, -0.25) is 4.90 Å². The third kappa shape index (κ3) is 3.54. The molecule has 3 heteroatoms. The van der Waals surface area contributed by atoms with Gasteiger partial charge in [-0.2, -0.15) is 0 Å². The first-order valence-electron chi connectivity index (χ1n) is 7.53. The summed E-state index contributed by atoms with van der Waals surface area (Å²) in [6.07, 6.45) is 2.43. The zero-order chi connectivity index (χ0) is 14.7. The molecule has 0 atom stereocenters. The van der Waals surface area contributed by atoms with Gasteiger partial charge in [0.25, 0.3) is 0 Å². The monoisotopic (exact) mass is 344 g/mol. The molecule has 0 radical (unpaired) electrons. The molecule has 2 N–H and O–H groups in total. The molecule has 1 aliphatic rings. The molecule has 2 aromatic rings. The molecule has 2 nitrogen and oxygen atoms in total. The molecule has 0 unspecified atom stereocenters. The summed E-state index contributed by atoms with van der Waals surface area (Å²) < 4.78 is 1.17. The maximum Gasteiger partial charge on any atom is 0.0248 e. The van der Waals surface area contributed by atoms with Crippen LogP contribution in [-0.2, 0) is 26.1 Å². The Balaban J connectivity index is 1.76. The van der Waals surface area contributed by atoms with Crippen molar-refractivity contribution in [2.24, 2.45) is 5.73 Å². The minimum absolute atomic E-state index is 0.593. The largest absolute Gasteiger partial charge is 0.326 e. The molecule has 0 aliphatic carbocycles. The van der Waals surface area contributed by atoms with Gasteiger partial charge < -0.3 is 5.73 Å². The van der Waals surface area contributed by atoms with Gasteiger partial charge >= 0.3 is 0 Å². The van der Waals surface area contributed by atoms with Crippen molar-refractivity contribution in [3.05, 3.63) is 69.2 Å². The summed E-state index contributed by atoms with van der Waals surface area (Å²) in [6.45, 7) is 3.77. The molecule has 1 aliphatic heterocycles. The SMILES string of the molecule is NCc1ccc(CN2CCCc3ccccc3C2)c(Br)c1. The molecule has 0 amide bonds. The van der Waals surface area contributed by atoms with Crippen LogP contribution in [0.2, 0.25) is 0 Å². The van der Waals surface area contributed by atoms with Gasteiger partial charge in [-0.15, -0.1) is 0 Å². The zero-order valence-corrected chi connectivity index (χ0v) is 13.8. The van der Waals surface area contributed by atoms with Crippen molar-refractivity contribution in [1.82, 2.24) is 4.90 Å². The van der Waals surface area contributed by atoms with Gasteiger partial charge in [0.05, 0.1) is 0 Å². The van der Waals surface area contributed by atoms with Crippen molar-refractivity contribution in [2.75, 3.05) is 6.54 Å². The van der Waals surface area contributed by atoms with E-state index in [4.69, 9.17) is 5.73 Å². The lowest BCUT2D eigenvalue weighted by Gasteiger charge is -2.21. The Morgan fingerprint density at radius 3 is 2.67 bits per heavy atom. The highest BCUT2D eigenvalue weighted by Crippen LogP contribution is 2.24. The summed E-state index contributed by atoms with van der Waals surface area (Å²) in [5.41, 5.74) is 11.2. The average Bonchev–Trinajstić information content (AvgIpc) is 2.71. The van der Waals surface area contributed by atoms with Crippen LogP contribution in [0.1, 0.15) is 28.7 Å². The molecule has 0 spiro atoms. The second-order valence-corrected chi connectivity index (χ2v) is 6.57. The van der Waals surface area contributed by atoms with Gasteiger partial charge in [0.1, 0.15) is 0 Å². The maximum absolute atomic E-state index is 5.70. The fourth-order valence-electron chi connectivity index (χ4n) is 2.99. The third-order valence-corrected chi connectivity index (χ3v) is 4.92. The van der Waals surface area contributed by atoms with Crippen LogP contribution in [0.4, 0.5) is 0 Å². The average molecular weight is 345 g/mol. The predicted molar refractivity (Wildman–Crippen MR) is 90.9 cm³/mol. The number of hydrogen-bond acceptors (Lipinski definition) is 2. The molecule has 1 heterocycles. The Bertz CT molecular complexity index is 624. The van der Waals surface area contributed by atoms with Crippen LogP contribution < -0.4 is 5.73 Å². The van der Waals surface area contributed by atoms with Crippen LogP contribution in [0.3, 0.4) is 0 Å². The standard InChI is InChI=1S/C18H21BrN2/c19-18-10-14(11-20)7-8-17(18)13-21-9-3-6-15-4-1-2-5-16(15)12-21/h1-2,4-5,7-8,10H,3,6,9,11-13,20H2. The second-order valence-electron chi connectivity index (χ2n) is 5.71. The van der Waals surface area contributed by atoms with E-state index >= 15 is 0 Å². The first-order valence-corrected chi connectivity index (χ1v) is 8.32. The quantitative estimate of drug-likeness (QED) is 0.915. The van der Waals surface area contributed by atoms with Crippen molar-refractivity contribution >= 4 is 15.9 Å². The minimum Gasteiger partial charge on any atom is -0.326 e. The summed E-state index contributed by atoms with van der Waals surface area (Å²) in [4.78, 5) is 2.54. The van der Waals surface area contributed by atoms with E-state index in [-0.39, 0.29) is 0 Å². The smallest absolute Gasteiger partial charge is 0.0248 e. The normalized spacial score (nSPS) is 15.5. The molecule has 3 rings (SSSR count). The number of hydrogen-bond donors (Lipinski definition) is 1. The molecule has 0 saturated carbocycles. The summed E-state index contributed by atoms with van der Waals surface area (Å²) >= 11 is 3.68. The predicted octanol–water partition coefficient (Wildman–Crippen LogP) is 3.86. The minimum atomic E-state index is 0.593. The van der Waals surface area contributed by atoms with E-state index in [9.17, 15) is 0 Å². The lowest BCUT2D eigenvalue weighted by atomic mass is 10.0. The van der Waals surface area contributed by atoms with Crippen molar-refractivity contribution in [1.29, 1.82) is 0 Å². The number of fused-ring (bicyclic) bond motifs is 1. The molecular formula is C18H21BrN2. The van der Waals surface area contributed by atoms with Crippen molar-refractivity contribution in [3.8, 4) is 0 Å². The lowest BCUT2D eigenvalue weighted by Crippen LogP contribution is -2.23. The first-order chi connectivity index (χ1) is 10.3. The van der Waals surface area contributed by atoms with Gasteiger partial charge in [0.2, 0.25) is 0 Å². The first kappa shape index (κ1) is 14.8. The van der Waals surface area contributed by atoms with Crippen LogP contribution in [-0.4, -0.2) is 11.4 Å². The highest BCUT2D eigenvalue weighted by atomic mass is 79.9. The van der Waals surface area contributed by atoms with Gasteiger partial charge in [0.15, 0.2) is 0 Å². The lowest BCUT2D eigenvalue weighted by molar-refractivity contribution is 0.260. The number of nitrogens with two attached hydrogens (primary N) is 1. The Morgan fingerprint density at radius 1 is 1.10 bits per heavy atom. The van der Waals surface area contributed by atoms with E-state index in [1.165, 1.54) is 39.6 Å². The molecule has 0 bridgehead atoms. The summed E-state index contributed by atoms with van der Waals surface area (Å²) in [5.74, 6) is 0. The van der Waals surface area contributed by atoms with Crippen LogP contribution in [0.5, 0.6) is 0 Å². The number of nitrogens with zero attached hydrogens (tertiary/aromatic N) is 1. The second kappa shape index (κ2) is 6.73. The third-order valence-electron chi connectivity index (χ3n) is 4.18. The number of rotatable bonds is 3. The fraction of sp³-hybridized carbons (Fsp3) is 0.333. The molecule has 0 saturated heterocycles. The van der Waals surface area contributed by atoms with Gasteiger partial charge in [0, 0.05) is 24.1 Å². The van der Waals surface area contributed by atoms with E-state index < -0.39 is 0 Å². The summed E-state index contributed by atoms with van der Waals surface area (Å²) in [6, 6.07) is 15.3. The number of aryl methyl sites for hydroxylation is 1. The molecule has 110 valence electrons. The highest BCUT2D eigenvalue weighted by molar-refractivity contribution is 9.10. The highest BCUT2D eigenvalue weighted by Gasteiger charge is 2.15. The van der Waals surface area contributed by atoms with E-state index in [2.05, 4.69) is 63.3 Å². The van der Waals surface area contributed by atoms with E-state index in [0.29, 0.717) is 6.54 Å². The van der Waals surface area contributed by atoms with Crippen molar-refractivity contribution < 1.29 is 0 Å². The summed E-state index contributed by atoms with van der Waals surface area (Å²) in [5, 5.41) is 0. The Morgan fingerprint density at radius 2 is 1.90 bits per heavy atom. The van der Waals surface area contributed by atoms with Crippen molar-refractivity contribution in [2.45, 2.75) is 32.5 Å². The van der Waals surface area contributed by atoms with Gasteiger partial charge in [-0.1, -0.05) is 52.3 Å². The van der Waals surface area contributed by atoms with Crippen LogP contribution in [0, 0.1) is 0 Å². The number of halogens is 1. The Kier molecular flexibility index (Phi) is 4.73. The topological polar surface area (TPSA) is 29.3 Å². The fourth-order valence-corrected chi connectivity index (χ4v) is 3.54. The van der Waals surface area contributed by atoms with Crippen LogP contribution in [0.15, 0.2) is 46.9 Å². The molecule has 21 heavy (non-hydrogen) atoms. The van der Waals surface area contributed by atoms with Crippen molar-refractivity contribution in [3.63, 3.8) is 0 Å². The zero-order valence-electron chi connectivity index (χ0n) is 12.2. The summed E-state index contributed by atoms with van der Waals surface area (Å²) in [7, 11) is 0.